The lowest BCUT2D eigenvalue weighted by molar-refractivity contribution is -0.183. The maximum atomic E-state index is 14.2. The fourth-order valence-corrected chi connectivity index (χ4v) is 7.00. The van der Waals surface area contributed by atoms with Crippen LogP contribution in [-0.2, 0) is 17.8 Å². The average Bonchev–Trinajstić information content (AvgIpc) is 3.37. The zero-order valence-electron chi connectivity index (χ0n) is 27.1. The van der Waals surface area contributed by atoms with Gasteiger partial charge in [-0.2, -0.15) is 28.4 Å². The third-order valence-electron chi connectivity index (χ3n) is 10.0. The number of carbonyl (C=O) groups is 2. The van der Waals surface area contributed by atoms with Crippen LogP contribution in [0.3, 0.4) is 0 Å². The summed E-state index contributed by atoms with van der Waals surface area (Å²) in [5.74, 6) is -5.55. The molecule has 262 valence electrons. The Labute approximate surface area is 274 Å². The number of amides is 2. The number of hydrogen-bond donors (Lipinski definition) is 2. The lowest BCUT2D eigenvalue weighted by Crippen LogP contribution is -2.47. The Morgan fingerprint density at radius 3 is 2.60 bits per heavy atom. The second-order valence-corrected chi connectivity index (χ2v) is 13.7. The number of piperidine rings is 1. The number of nitrogens with zero attached hydrogens (tertiary/aromatic N) is 6. The molecule has 48 heavy (non-hydrogen) atoms. The maximum Gasteiger partial charge on any atom is 0.393 e. The van der Waals surface area contributed by atoms with Gasteiger partial charge in [-0.05, 0) is 69.8 Å². The van der Waals surface area contributed by atoms with Crippen molar-refractivity contribution < 1.29 is 36.3 Å². The molecule has 2 aliphatic carbocycles. The van der Waals surface area contributed by atoms with Gasteiger partial charge in [0.15, 0.2) is 0 Å². The summed E-state index contributed by atoms with van der Waals surface area (Å²) in [4.78, 5) is 35.4. The van der Waals surface area contributed by atoms with Crippen molar-refractivity contribution >= 4 is 17.6 Å². The molecular weight excluding hydrogens is 639 g/mol. The Bertz CT molecular complexity index is 1630. The highest BCUT2D eigenvalue weighted by Gasteiger charge is 2.45. The fourth-order valence-electron chi connectivity index (χ4n) is 7.00. The standard InChI is InChI=1S/C32H41F5N8O3/c1-4-44-25(7-10-39-44)28(47)41-26(19-5-8-31(33,34)9-6-19)24-16-45-30(40-24)42-29(48-18(3)12-20-11-17(20)2)23(43-45)14-21-13-22(32(35,36)37)15-38-27(21)46/h7,10,16-22,26H,4-6,8-9,11-15H2,1-3H3,(H,38,46)(H,41,47)/t17?,18?,20-,21-,22-,26+/m1/s1. The van der Waals surface area contributed by atoms with Crippen molar-refractivity contribution in [2.75, 3.05) is 6.54 Å². The van der Waals surface area contributed by atoms with E-state index in [9.17, 15) is 31.5 Å². The SMILES string of the molecule is CCn1nccc1C(=O)N[C@H](c1cn2nc(C[C@H]3C[C@@H](C(F)(F)F)CNC3=O)c(OC(C)C[C@H]3CC3C)nc2n1)C1CCC(F)(F)CC1. The van der Waals surface area contributed by atoms with E-state index < -0.39 is 54.8 Å². The molecule has 3 aliphatic rings. The normalized spacial score (nSPS) is 25.8. The number of fused-ring (bicyclic) bond motifs is 1. The summed E-state index contributed by atoms with van der Waals surface area (Å²) in [6, 6.07) is 0.805. The molecular formula is C32H41F5N8O3. The number of aryl methyl sites for hydroxylation is 1. The minimum Gasteiger partial charge on any atom is -0.473 e. The molecule has 16 heteroatoms. The van der Waals surface area contributed by atoms with E-state index in [2.05, 4.69) is 37.7 Å². The van der Waals surface area contributed by atoms with Gasteiger partial charge in [0.05, 0.1) is 30.0 Å². The first-order valence-corrected chi connectivity index (χ1v) is 16.7. The van der Waals surface area contributed by atoms with Crippen LogP contribution in [-0.4, -0.2) is 65.9 Å². The maximum absolute atomic E-state index is 14.2. The van der Waals surface area contributed by atoms with Gasteiger partial charge in [0.2, 0.25) is 17.7 Å². The summed E-state index contributed by atoms with van der Waals surface area (Å²) < 4.78 is 78.2. The molecule has 11 nitrogen and oxygen atoms in total. The van der Waals surface area contributed by atoms with E-state index >= 15 is 0 Å². The van der Waals surface area contributed by atoms with E-state index in [0.717, 1.165) is 12.8 Å². The Morgan fingerprint density at radius 2 is 1.94 bits per heavy atom. The topological polar surface area (TPSA) is 128 Å². The molecule has 6 rings (SSSR count). The monoisotopic (exact) mass is 680 g/mol. The van der Waals surface area contributed by atoms with Crippen molar-refractivity contribution in [2.45, 2.75) is 103 Å². The molecule has 2 amide bonds. The molecule has 0 aromatic carbocycles. The number of alkyl halides is 5. The van der Waals surface area contributed by atoms with Gasteiger partial charge in [-0.3, -0.25) is 14.3 Å². The van der Waals surface area contributed by atoms with E-state index in [1.165, 1.54) is 15.4 Å². The molecule has 2 unspecified atom stereocenters. The van der Waals surface area contributed by atoms with Gasteiger partial charge in [-0.25, -0.2) is 18.3 Å². The molecule has 1 aliphatic heterocycles. The summed E-state index contributed by atoms with van der Waals surface area (Å²) in [6.07, 6.45) is -0.781. The van der Waals surface area contributed by atoms with Gasteiger partial charge in [0, 0.05) is 44.5 Å². The van der Waals surface area contributed by atoms with Crippen LogP contribution in [0.2, 0.25) is 0 Å². The van der Waals surface area contributed by atoms with Crippen LogP contribution in [0.25, 0.3) is 5.78 Å². The number of halogens is 5. The highest BCUT2D eigenvalue weighted by molar-refractivity contribution is 5.92. The summed E-state index contributed by atoms with van der Waals surface area (Å²) >= 11 is 0. The molecule has 1 saturated heterocycles. The lowest BCUT2D eigenvalue weighted by Gasteiger charge is -2.33. The van der Waals surface area contributed by atoms with Crippen molar-refractivity contribution in [1.82, 2.24) is 40.0 Å². The van der Waals surface area contributed by atoms with Gasteiger partial charge in [-0.1, -0.05) is 6.92 Å². The molecule has 3 aromatic rings. The van der Waals surface area contributed by atoms with Crippen LogP contribution in [0.1, 0.15) is 93.6 Å². The highest BCUT2D eigenvalue weighted by Crippen LogP contribution is 2.43. The molecule has 2 N–H and O–H groups in total. The van der Waals surface area contributed by atoms with Crippen LogP contribution >= 0.6 is 0 Å². The van der Waals surface area contributed by atoms with Crippen molar-refractivity contribution in [1.29, 1.82) is 0 Å². The molecule has 4 heterocycles. The third-order valence-corrected chi connectivity index (χ3v) is 10.0. The second kappa shape index (κ2) is 13.2. The zero-order chi connectivity index (χ0) is 34.4. The third kappa shape index (κ3) is 7.56. The second-order valence-electron chi connectivity index (χ2n) is 13.7. The van der Waals surface area contributed by atoms with Crippen LogP contribution in [0.15, 0.2) is 18.5 Å². The summed E-state index contributed by atoms with van der Waals surface area (Å²) in [6.45, 7) is 5.85. The molecule has 6 atom stereocenters. The fraction of sp³-hybridized carbons (Fsp3) is 0.688. The minimum atomic E-state index is -4.47. The number of hydrogen-bond acceptors (Lipinski definition) is 7. The predicted octanol–water partition coefficient (Wildman–Crippen LogP) is 5.31. The highest BCUT2D eigenvalue weighted by atomic mass is 19.4. The molecule has 3 fully saturated rings. The van der Waals surface area contributed by atoms with Gasteiger partial charge in [-0.15, -0.1) is 0 Å². The number of carbonyl (C=O) groups excluding carboxylic acids is 2. The molecule has 2 saturated carbocycles. The Kier molecular flexibility index (Phi) is 9.37. The molecule has 0 bridgehead atoms. The van der Waals surface area contributed by atoms with Crippen molar-refractivity contribution in [3.8, 4) is 5.88 Å². The first kappa shape index (κ1) is 34.0. The number of nitrogens with one attached hydrogen (secondary N) is 2. The van der Waals surface area contributed by atoms with Gasteiger partial charge in [0.1, 0.15) is 11.4 Å². The smallest absolute Gasteiger partial charge is 0.393 e. The Balaban J connectivity index is 1.33. The Morgan fingerprint density at radius 1 is 1.21 bits per heavy atom. The van der Waals surface area contributed by atoms with Gasteiger partial charge < -0.3 is 15.4 Å². The molecule has 3 aromatic heterocycles. The van der Waals surface area contributed by atoms with Gasteiger partial charge in [0.25, 0.3) is 11.7 Å². The number of ether oxygens (including phenoxy) is 1. The first-order chi connectivity index (χ1) is 22.7. The van der Waals surface area contributed by atoms with Crippen LogP contribution in [0.5, 0.6) is 5.88 Å². The van der Waals surface area contributed by atoms with Crippen LogP contribution in [0.4, 0.5) is 22.0 Å². The summed E-state index contributed by atoms with van der Waals surface area (Å²) in [5, 5.41) is 14.2. The largest absolute Gasteiger partial charge is 0.473 e. The zero-order valence-corrected chi connectivity index (χ0v) is 27.1. The number of imidazole rings is 1. The van der Waals surface area contributed by atoms with E-state index in [1.54, 1.807) is 12.3 Å². The van der Waals surface area contributed by atoms with Crippen molar-refractivity contribution in [3.63, 3.8) is 0 Å². The molecule has 0 radical (unpaired) electrons. The van der Waals surface area contributed by atoms with E-state index in [4.69, 9.17) is 4.74 Å². The predicted molar refractivity (Wildman–Crippen MR) is 162 cm³/mol. The summed E-state index contributed by atoms with van der Waals surface area (Å²) in [5.41, 5.74) is 0.856. The summed E-state index contributed by atoms with van der Waals surface area (Å²) in [7, 11) is 0. The van der Waals surface area contributed by atoms with Crippen molar-refractivity contribution in [3.05, 3.63) is 35.5 Å². The number of aromatic nitrogens is 6. The lowest BCUT2D eigenvalue weighted by atomic mass is 9.81. The van der Waals surface area contributed by atoms with Crippen LogP contribution < -0.4 is 15.4 Å². The number of rotatable bonds is 11. The molecule has 0 spiro atoms. The Hall–Kier alpha value is -3.85. The minimum absolute atomic E-state index is 0.0760. The first-order valence-electron chi connectivity index (χ1n) is 16.7. The van der Waals surface area contributed by atoms with E-state index in [0.29, 0.717) is 29.8 Å². The van der Waals surface area contributed by atoms with Crippen molar-refractivity contribution in [2.24, 2.45) is 29.6 Å². The average molecular weight is 681 g/mol. The van der Waals surface area contributed by atoms with E-state index in [1.807, 2.05) is 13.8 Å². The van der Waals surface area contributed by atoms with Crippen LogP contribution in [0, 0.1) is 29.6 Å². The quantitative estimate of drug-likeness (QED) is 0.263. The van der Waals surface area contributed by atoms with E-state index in [-0.39, 0.29) is 61.5 Å². The van der Waals surface area contributed by atoms with Gasteiger partial charge >= 0.3 is 6.18 Å².